The topological polar surface area (TPSA) is 58.7 Å². The highest BCUT2D eigenvalue weighted by atomic mass is 16.2. The Hall–Kier alpha value is -1.84. The quantitative estimate of drug-likeness (QED) is 0.904. The molecule has 2 aliphatic rings. The third-order valence-electron chi connectivity index (χ3n) is 4.80. The number of hydrogen-bond donors (Lipinski definition) is 1. The predicted molar refractivity (Wildman–Crippen MR) is 84.1 cm³/mol. The van der Waals surface area contributed by atoms with Crippen molar-refractivity contribution < 1.29 is 4.79 Å². The molecule has 0 bridgehead atoms. The van der Waals surface area contributed by atoms with Crippen molar-refractivity contribution in [2.24, 2.45) is 10.7 Å². The van der Waals surface area contributed by atoms with Gasteiger partial charge in [0.1, 0.15) is 11.4 Å². The Labute approximate surface area is 126 Å². The molecule has 0 unspecified atom stereocenters. The van der Waals surface area contributed by atoms with E-state index >= 15 is 0 Å². The molecule has 3 rings (SSSR count). The van der Waals surface area contributed by atoms with Crippen LogP contribution in [-0.4, -0.2) is 22.3 Å². The van der Waals surface area contributed by atoms with Gasteiger partial charge in [0.25, 0.3) is 0 Å². The Morgan fingerprint density at radius 1 is 1.05 bits per heavy atom. The molecule has 0 saturated heterocycles. The molecule has 1 heterocycles. The van der Waals surface area contributed by atoms with Crippen molar-refractivity contribution in [3.8, 4) is 0 Å². The fraction of sp³-hybridized carbons (Fsp3) is 0.529. The lowest BCUT2D eigenvalue weighted by Gasteiger charge is -2.39. The van der Waals surface area contributed by atoms with Crippen molar-refractivity contribution in [1.82, 2.24) is 4.90 Å². The largest absolute Gasteiger partial charge is 0.385 e. The van der Waals surface area contributed by atoms with Crippen molar-refractivity contribution in [2.75, 3.05) is 0 Å². The van der Waals surface area contributed by atoms with Gasteiger partial charge < -0.3 is 10.6 Å². The van der Waals surface area contributed by atoms with E-state index in [-0.39, 0.29) is 11.6 Å². The number of amidine groups is 1. The lowest BCUT2D eigenvalue weighted by Crippen LogP contribution is -2.54. The minimum Gasteiger partial charge on any atom is -0.385 e. The monoisotopic (exact) mass is 285 g/mol. The Morgan fingerprint density at radius 3 is 2.33 bits per heavy atom. The number of nitrogens with zero attached hydrogens (tertiary/aromatic N) is 2. The van der Waals surface area contributed by atoms with Crippen LogP contribution in [0.5, 0.6) is 0 Å². The van der Waals surface area contributed by atoms with E-state index in [0.29, 0.717) is 12.4 Å². The van der Waals surface area contributed by atoms with Crippen LogP contribution in [0.2, 0.25) is 0 Å². The van der Waals surface area contributed by atoms with Gasteiger partial charge >= 0.3 is 6.03 Å². The fourth-order valence-corrected chi connectivity index (χ4v) is 3.59. The Kier molecular flexibility index (Phi) is 3.95. The molecular formula is C17H23N3O. The van der Waals surface area contributed by atoms with Crippen LogP contribution in [0, 0.1) is 0 Å². The number of hydrogen-bond acceptors (Lipinski definition) is 2. The molecule has 21 heavy (non-hydrogen) atoms. The molecule has 112 valence electrons. The second-order valence-electron chi connectivity index (χ2n) is 6.15. The van der Waals surface area contributed by atoms with Gasteiger partial charge in [-0.1, -0.05) is 62.4 Å². The summed E-state index contributed by atoms with van der Waals surface area (Å²) in [4.78, 5) is 18.3. The van der Waals surface area contributed by atoms with Crippen LogP contribution in [0.25, 0.3) is 0 Å². The summed E-state index contributed by atoms with van der Waals surface area (Å²) < 4.78 is 0. The van der Waals surface area contributed by atoms with Crippen LogP contribution in [0.3, 0.4) is 0 Å². The Morgan fingerprint density at radius 2 is 1.67 bits per heavy atom. The highest BCUT2D eigenvalue weighted by Gasteiger charge is 2.47. The van der Waals surface area contributed by atoms with Crippen LogP contribution >= 0.6 is 0 Å². The van der Waals surface area contributed by atoms with E-state index in [1.165, 1.54) is 19.3 Å². The number of carbonyl (C=O) groups excluding carboxylic acids is 1. The summed E-state index contributed by atoms with van der Waals surface area (Å²) in [5.41, 5.74) is 6.98. The molecule has 1 aromatic carbocycles. The number of carbonyl (C=O) groups is 1. The molecular weight excluding hydrogens is 262 g/mol. The maximum atomic E-state index is 12.3. The molecule has 0 radical (unpaired) electrons. The van der Waals surface area contributed by atoms with E-state index in [9.17, 15) is 4.79 Å². The van der Waals surface area contributed by atoms with Crippen molar-refractivity contribution in [3.63, 3.8) is 0 Å². The molecule has 1 saturated carbocycles. The molecule has 1 fully saturated rings. The number of aliphatic imine (C=N–C) groups is 1. The lowest BCUT2D eigenvalue weighted by molar-refractivity contribution is 0.145. The number of nitrogens with two attached hydrogens (primary N) is 1. The van der Waals surface area contributed by atoms with E-state index in [1.807, 2.05) is 23.1 Å². The van der Waals surface area contributed by atoms with Crippen molar-refractivity contribution in [2.45, 2.75) is 57.0 Å². The molecule has 4 heteroatoms. The number of rotatable bonds is 2. The van der Waals surface area contributed by atoms with Crippen LogP contribution < -0.4 is 5.73 Å². The Balaban J connectivity index is 1.87. The summed E-state index contributed by atoms with van der Waals surface area (Å²) >= 11 is 0. The molecule has 1 spiro atoms. The molecule has 1 aliphatic carbocycles. The molecule has 1 aromatic rings. The maximum Gasteiger partial charge on any atom is 0.346 e. The van der Waals surface area contributed by atoms with Gasteiger partial charge in [0.2, 0.25) is 0 Å². The summed E-state index contributed by atoms with van der Waals surface area (Å²) in [5, 5.41) is 0. The maximum absolute atomic E-state index is 12.3. The van der Waals surface area contributed by atoms with Gasteiger partial charge in [-0.15, -0.1) is 0 Å². The summed E-state index contributed by atoms with van der Waals surface area (Å²) in [6.07, 6.45) is 7.87. The predicted octanol–water partition coefficient (Wildman–Crippen LogP) is 3.46. The first-order chi connectivity index (χ1) is 10.2. The number of amides is 2. The zero-order chi connectivity index (χ0) is 14.7. The molecule has 2 amide bonds. The third-order valence-corrected chi connectivity index (χ3v) is 4.80. The van der Waals surface area contributed by atoms with Gasteiger partial charge in [0.15, 0.2) is 0 Å². The zero-order valence-electron chi connectivity index (χ0n) is 12.4. The van der Waals surface area contributed by atoms with Crippen LogP contribution in [0.15, 0.2) is 35.3 Å². The van der Waals surface area contributed by atoms with Gasteiger partial charge in [0, 0.05) is 6.54 Å². The number of benzene rings is 1. The van der Waals surface area contributed by atoms with Crippen molar-refractivity contribution in [1.29, 1.82) is 0 Å². The highest BCUT2D eigenvalue weighted by molar-refractivity contribution is 6.05. The summed E-state index contributed by atoms with van der Waals surface area (Å²) in [6.45, 7) is 0.601. The SMILES string of the molecule is NC1=NC(=O)N(Cc2ccccc2)C12CCCCCCC2. The van der Waals surface area contributed by atoms with Gasteiger partial charge in [-0.25, -0.2) is 4.79 Å². The first-order valence-electron chi connectivity index (χ1n) is 7.92. The molecule has 2 N–H and O–H groups in total. The van der Waals surface area contributed by atoms with Crippen LogP contribution in [-0.2, 0) is 6.54 Å². The minimum atomic E-state index is -0.340. The first kappa shape index (κ1) is 14.1. The summed E-state index contributed by atoms with van der Waals surface area (Å²) in [5.74, 6) is 0.533. The van der Waals surface area contributed by atoms with E-state index in [2.05, 4.69) is 17.1 Å². The van der Waals surface area contributed by atoms with Gasteiger partial charge in [-0.2, -0.15) is 4.99 Å². The Bertz CT molecular complexity index is 530. The minimum absolute atomic E-state index is 0.170. The fourth-order valence-electron chi connectivity index (χ4n) is 3.59. The second-order valence-corrected chi connectivity index (χ2v) is 6.15. The smallest absolute Gasteiger partial charge is 0.346 e. The molecule has 0 atom stereocenters. The molecule has 0 aromatic heterocycles. The van der Waals surface area contributed by atoms with Gasteiger partial charge in [-0.05, 0) is 18.4 Å². The van der Waals surface area contributed by atoms with Crippen LogP contribution in [0.4, 0.5) is 4.79 Å². The molecule has 4 nitrogen and oxygen atoms in total. The highest BCUT2D eigenvalue weighted by Crippen LogP contribution is 2.37. The average Bonchev–Trinajstić information content (AvgIpc) is 2.68. The van der Waals surface area contributed by atoms with Crippen molar-refractivity contribution >= 4 is 11.9 Å². The van der Waals surface area contributed by atoms with E-state index in [0.717, 1.165) is 31.2 Å². The third kappa shape index (κ3) is 2.67. The standard InChI is InChI=1S/C17H23N3O/c18-15-17(11-7-2-1-3-8-12-17)20(16(21)19-15)13-14-9-5-4-6-10-14/h4-6,9-10H,1-3,7-8,11-13H2,(H2,18,19,21). The number of urea groups is 1. The normalized spacial score (nSPS) is 22.0. The van der Waals surface area contributed by atoms with E-state index in [4.69, 9.17) is 5.73 Å². The van der Waals surface area contributed by atoms with Gasteiger partial charge in [-0.3, -0.25) is 0 Å². The van der Waals surface area contributed by atoms with E-state index < -0.39 is 0 Å². The zero-order valence-corrected chi connectivity index (χ0v) is 12.4. The second kappa shape index (κ2) is 5.88. The molecule has 1 aliphatic heterocycles. The summed E-state index contributed by atoms with van der Waals surface area (Å²) in [6, 6.07) is 9.94. The van der Waals surface area contributed by atoms with Crippen molar-refractivity contribution in [3.05, 3.63) is 35.9 Å². The lowest BCUT2D eigenvalue weighted by atomic mass is 9.82. The first-order valence-corrected chi connectivity index (χ1v) is 7.92. The van der Waals surface area contributed by atoms with E-state index in [1.54, 1.807) is 0 Å². The van der Waals surface area contributed by atoms with Crippen LogP contribution in [0.1, 0.15) is 50.5 Å². The summed E-state index contributed by atoms with van der Waals surface area (Å²) in [7, 11) is 0. The van der Waals surface area contributed by atoms with Gasteiger partial charge in [0.05, 0.1) is 0 Å². The average molecular weight is 285 g/mol.